The number of aromatic nitrogens is 2. The number of nitrogens with zero attached hydrogens (tertiary/aromatic N) is 1. The third-order valence-electron chi connectivity index (χ3n) is 3.78. The van der Waals surface area contributed by atoms with Crippen LogP contribution in [0.4, 0.5) is 0 Å². The monoisotopic (exact) mass is 355 g/mol. The van der Waals surface area contributed by atoms with Gasteiger partial charge in [-0.15, -0.1) is 0 Å². The second-order valence-electron chi connectivity index (χ2n) is 5.36. The van der Waals surface area contributed by atoms with Gasteiger partial charge in [0.05, 0.1) is 25.6 Å². The maximum Gasteiger partial charge on any atom is 0.166 e. The molecule has 0 spiro atoms. The van der Waals surface area contributed by atoms with E-state index >= 15 is 0 Å². The number of rotatable bonds is 7. The second kappa shape index (κ2) is 8.09. The minimum Gasteiger partial charge on any atom is -0.497 e. The number of ether oxygens (including phenoxy) is 2. The van der Waals surface area contributed by atoms with Gasteiger partial charge in [0.1, 0.15) is 11.5 Å². The highest BCUT2D eigenvalue weighted by atomic mass is 32.2. The number of nitrogens with one attached hydrogen (secondary N) is 1. The molecule has 25 heavy (non-hydrogen) atoms. The highest BCUT2D eigenvalue weighted by Crippen LogP contribution is 2.34. The maximum atomic E-state index is 5.62. The summed E-state index contributed by atoms with van der Waals surface area (Å²) in [5.41, 5.74) is 9.59. The number of nitrogens with two attached hydrogens (primary N) is 1. The molecule has 0 bridgehead atoms. The quantitative estimate of drug-likeness (QED) is 0.631. The Kier molecular flexibility index (Phi) is 5.63. The van der Waals surface area contributed by atoms with Crippen molar-refractivity contribution in [3.63, 3.8) is 0 Å². The van der Waals surface area contributed by atoms with Gasteiger partial charge in [0.25, 0.3) is 0 Å². The fraction of sp³-hybridized carbons (Fsp3) is 0.211. The number of imidazole rings is 1. The van der Waals surface area contributed by atoms with Crippen molar-refractivity contribution in [2.75, 3.05) is 26.5 Å². The van der Waals surface area contributed by atoms with Crippen LogP contribution in [0.3, 0.4) is 0 Å². The number of aromatic amines is 1. The average Bonchev–Trinajstić information content (AvgIpc) is 3.10. The molecule has 130 valence electrons. The lowest BCUT2D eigenvalue weighted by Gasteiger charge is -2.06. The first-order valence-electron chi connectivity index (χ1n) is 7.97. The largest absolute Gasteiger partial charge is 0.497 e. The summed E-state index contributed by atoms with van der Waals surface area (Å²) in [5, 5.41) is 0.863. The van der Waals surface area contributed by atoms with Crippen molar-refractivity contribution in [2.45, 2.75) is 5.16 Å². The Hall–Kier alpha value is -2.44. The van der Waals surface area contributed by atoms with Gasteiger partial charge in [-0.25, -0.2) is 4.98 Å². The van der Waals surface area contributed by atoms with Crippen LogP contribution in [0.1, 0.15) is 0 Å². The Morgan fingerprint density at radius 2 is 1.48 bits per heavy atom. The first-order valence-corrected chi connectivity index (χ1v) is 8.95. The smallest absolute Gasteiger partial charge is 0.166 e. The number of H-pyrrole nitrogens is 1. The summed E-state index contributed by atoms with van der Waals surface area (Å²) in [6, 6.07) is 15.8. The Morgan fingerprint density at radius 3 is 2.00 bits per heavy atom. The van der Waals surface area contributed by atoms with Crippen molar-refractivity contribution in [1.82, 2.24) is 9.97 Å². The molecule has 0 amide bonds. The lowest BCUT2D eigenvalue weighted by atomic mass is 10.0. The SMILES string of the molecule is COc1ccc(-c2nc(SCCN)[nH]c2-c2ccc(OC)cc2)cc1. The van der Waals surface area contributed by atoms with Crippen molar-refractivity contribution in [2.24, 2.45) is 5.73 Å². The predicted molar refractivity (Wildman–Crippen MR) is 102 cm³/mol. The molecule has 0 aliphatic carbocycles. The van der Waals surface area contributed by atoms with Gasteiger partial charge in [0.2, 0.25) is 0 Å². The minimum absolute atomic E-state index is 0.612. The zero-order valence-corrected chi connectivity index (χ0v) is 15.1. The van der Waals surface area contributed by atoms with Crippen LogP contribution in [0.2, 0.25) is 0 Å². The zero-order valence-electron chi connectivity index (χ0n) is 14.3. The molecule has 6 heteroatoms. The molecule has 0 saturated heterocycles. The lowest BCUT2D eigenvalue weighted by molar-refractivity contribution is 0.414. The maximum absolute atomic E-state index is 5.62. The van der Waals surface area contributed by atoms with Gasteiger partial charge in [-0.05, 0) is 48.5 Å². The summed E-state index contributed by atoms with van der Waals surface area (Å²) in [4.78, 5) is 8.19. The van der Waals surface area contributed by atoms with E-state index in [1.807, 2.05) is 48.5 Å². The number of hydrogen-bond acceptors (Lipinski definition) is 5. The van der Waals surface area contributed by atoms with Gasteiger partial charge in [-0.2, -0.15) is 0 Å². The van der Waals surface area contributed by atoms with Gasteiger partial charge in [-0.1, -0.05) is 11.8 Å². The van der Waals surface area contributed by atoms with E-state index in [2.05, 4.69) is 4.98 Å². The molecule has 3 N–H and O–H groups in total. The molecule has 3 rings (SSSR count). The predicted octanol–water partition coefficient (Wildman–Crippen LogP) is 3.81. The number of methoxy groups -OCH3 is 2. The highest BCUT2D eigenvalue weighted by Gasteiger charge is 2.14. The molecule has 0 radical (unpaired) electrons. The molecule has 0 atom stereocenters. The molecule has 0 aliphatic rings. The van der Waals surface area contributed by atoms with Crippen molar-refractivity contribution in [3.05, 3.63) is 48.5 Å². The first-order chi connectivity index (χ1) is 12.2. The first kappa shape index (κ1) is 17.4. The second-order valence-corrected chi connectivity index (χ2v) is 6.44. The Balaban J connectivity index is 2.02. The summed E-state index contributed by atoms with van der Waals surface area (Å²) in [7, 11) is 3.32. The molecule has 0 saturated carbocycles. The van der Waals surface area contributed by atoms with Gasteiger partial charge >= 0.3 is 0 Å². The van der Waals surface area contributed by atoms with E-state index in [0.717, 1.165) is 44.9 Å². The van der Waals surface area contributed by atoms with Gasteiger partial charge in [0, 0.05) is 23.4 Å². The van der Waals surface area contributed by atoms with Crippen LogP contribution < -0.4 is 15.2 Å². The molecule has 2 aromatic carbocycles. The van der Waals surface area contributed by atoms with E-state index in [-0.39, 0.29) is 0 Å². The Morgan fingerprint density at radius 1 is 0.920 bits per heavy atom. The van der Waals surface area contributed by atoms with Gasteiger partial charge in [-0.3, -0.25) is 0 Å². The fourth-order valence-electron chi connectivity index (χ4n) is 2.50. The van der Waals surface area contributed by atoms with E-state index in [1.165, 1.54) is 0 Å². The summed E-state index contributed by atoms with van der Waals surface area (Å²) in [5.74, 6) is 2.47. The van der Waals surface area contributed by atoms with E-state index in [4.69, 9.17) is 20.2 Å². The molecule has 0 fully saturated rings. The lowest BCUT2D eigenvalue weighted by Crippen LogP contribution is -2.01. The van der Waals surface area contributed by atoms with E-state index in [0.29, 0.717) is 6.54 Å². The van der Waals surface area contributed by atoms with Crippen molar-refractivity contribution < 1.29 is 9.47 Å². The molecule has 1 heterocycles. The number of thioether (sulfide) groups is 1. The topological polar surface area (TPSA) is 73.2 Å². The van der Waals surface area contributed by atoms with Crippen LogP contribution in [0.5, 0.6) is 11.5 Å². The molecular formula is C19H21N3O2S. The number of hydrogen-bond donors (Lipinski definition) is 2. The fourth-order valence-corrected chi connectivity index (χ4v) is 3.14. The van der Waals surface area contributed by atoms with Crippen LogP contribution in [-0.2, 0) is 0 Å². The van der Waals surface area contributed by atoms with Crippen LogP contribution in [0, 0.1) is 0 Å². The third-order valence-corrected chi connectivity index (χ3v) is 4.69. The third kappa shape index (κ3) is 3.97. The van der Waals surface area contributed by atoms with Crippen LogP contribution in [0.25, 0.3) is 22.5 Å². The molecular weight excluding hydrogens is 334 g/mol. The molecule has 3 aromatic rings. The van der Waals surface area contributed by atoms with Crippen molar-refractivity contribution in [1.29, 1.82) is 0 Å². The summed E-state index contributed by atoms with van der Waals surface area (Å²) >= 11 is 1.62. The van der Waals surface area contributed by atoms with E-state index in [1.54, 1.807) is 26.0 Å². The van der Waals surface area contributed by atoms with Crippen LogP contribution in [-0.4, -0.2) is 36.5 Å². The van der Waals surface area contributed by atoms with Gasteiger partial charge in [0.15, 0.2) is 5.16 Å². The van der Waals surface area contributed by atoms with Crippen molar-refractivity contribution in [3.8, 4) is 34.0 Å². The standard InChI is InChI=1S/C19H21N3O2S/c1-23-15-7-3-13(4-8-15)17-18(22-19(21-17)25-12-11-20)14-5-9-16(24-2)10-6-14/h3-10H,11-12,20H2,1-2H3,(H,21,22). The van der Waals surface area contributed by atoms with Crippen molar-refractivity contribution >= 4 is 11.8 Å². The normalized spacial score (nSPS) is 10.7. The van der Waals surface area contributed by atoms with E-state index in [9.17, 15) is 0 Å². The summed E-state index contributed by atoms with van der Waals surface area (Å²) in [6.45, 7) is 0.612. The summed E-state index contributed by atoms with van der Waals surface area (Å²) < 4.78 is 10.5. The zero-order chi connectivity index (χ0) is 17.6. The Labute approximate surface area is 151 Å². The van der Waals surface area contributed by atoms with Crippen LogP contribution >= 0.6 is 11.8 Å². The minimum atomic E-state index is 0.612. The molecule has 0 unspecified atom stereocenters. The average molecular weight is 355 g/mol. The van der Waals surface area contributed by atoms with Crippen LogP contribution in [0.15, 0.2) is 53.7 Å². The summed E-state index contributed by atoms with van der Waals surface area (Å²) in [6.07, 6.45) is 0. The molecule has 0 aliphatic heterocycles. The van der Waals surface area contributed by atoms with E-state index < -0.39 is 0 Å². The number of benzene rings is 2. The molecule has 1 aromatic heterocycles. The van der Waals surface area contributed by atoms with Gasteiger partial charge < -0.3 is 20.2 Å². The highest BCUT2D eigenvalue weighted by molar-refractivity contribution is 7.99. The Bertz CT molecular complexity index is 749. The molecule has 5 nitrogen and oxygen atoms in total.